The molecule has 0 unspecified atom stereocenters. The topological polar surface area (TPSA) is 67.2 Å². The minimum atomic E-state index is -0.364. The highest BCUT2D eigenvalue weighted by Gasteiger charge is 2.14. The molecule has 0 bridgehead atoms. The highest BCUT2D eigenvalue weighted by atomic mass is 127. The van der Waals surface area contributed by atoms with E-state index in [1.54, 1.807) is 19.9 Å². The summed E-state index contributed by atoms with van der Waals surface area (Å²) in [5.74, 6) is 0.930. The van der Waals surface area contributed by atoms with E-state index in [0.29, 0.717) is 11.6 Å². The number of hydrogen-bond donors (Lipinski definition) is 2. The molecule has 1 aromatic heterocycles. The lowest BCUT2D eigenvalue weighted by molar-refractivity contribution is -0.116. The second-order valence-corrected chi connectivity index (χ2v) is 5.43. The molecule has 100 valence electrons. The van der Waals surface area contributed by atoms with Gasteiger partial charge in [0.1, 0.15) is 11.8 Å². The van der Waals surface area contributed by atoms with Crippen LogP contribution in [0.5, 0.6) is 0 Å². The van der Waals surface area contributed by atoms with Crippen molar-refractivity contribution < 1.29 is 9.32 Å². The fraction of sp³-hybridized carbons (Fsp3) is 0.231. The number of aryl methyl sites for hydroxylation is 1. The van der Waals surface area contributed by atoms with E-state index < -0.39 is 0 Å². The molecule has 19 heavy (non-hydrogen) atoms. The number of aromatic nitrogens is 1. The van der Waals surface area contributed by atoms with Crippen molar-refractivity contribution in [3.8, 4) is 0 Å². The summed E-state index contributed by atoms with van der Waals surface area (Å²) in [5, 5.41) is 9.53. The lowest BCUT2D eigenvalue weighted by Crippen LogP contribution is -2.31. The maximum Gasteiger partial charge on any atom is 0.247 e. The Kier molecular flexibility index (Phi) is 4.41. The van der Waals surface area contributed by atoms with E-state index in [0.717, 1.165) is 9.26 Å². The third-order valence-corrected chi connectivity index (χ3v) is 3.22. The number of hydrogen-bond acceptors (Lipinski definition) is 4. The van der Waals surface area contributed by atoms with Gasteiger partial charge in [-0.15, -0.1) is 0 Å². The number of nitrogens with one attached hydrogen (secondary N) is 2. The minimum Gasteiger partial charge on any atom is -0.374 e. The molecule has 0 aliphatic heterocycles. The molecular weight excluding hydrogens is 357 g/mol. The average Bonchev–Trinajstić information content (AvgIpc) is 2.77. The van der Waals surface area contributed by atoms with Gasteiger partial charge in [0.2, 0.25) is 5.91 Å². The number of rotatable bonds is 4. The van der Waals surface area contributed by atoms with E-state index in [1.165, 1.54) is 0 Å². The molecule has 2 rings (SSSR count). The molecule has 0 spiro atoms. The van der Waals surface area contributed by atoms with Crippen LogP contribution >= 0.6 is 22.6 Å². The fourth-order valence-electron chi connectivity index (χ4n) is 1.52. The molecule has 0 saturated heterocycles. The van der Waals surface area contributed by atoms with Crippen molar-refractivity contribution in [2.75, 3.05) is 10.6 Å². The third kappa shape index (κ3) is 3.95. The van der Waals surface area contributed by atoms with Crippen molar-refractivity contribution in [2.24, 2.45) is 0 Å². The normalized spacial score (nSPS) is 11.9. The molecule has 0 fully saturated rings. The molecule has 5 nitrogen and oxygen atoms in total. The van der Waals surface area contributed by atoms with Crippen molar-refractivity contribution in [2.45, 2.75) is 19.9 Å². The Hall–Kier alpha value is -1.57. The molecule has 2 N–H and O–H groups in total. The van der Waals surface area contributed by atoms with Crippen LogP contribution in [-0.4, -0.2) is 17.1 Å². The summed E-state index contributed by atoms with van der Waals surface area (Å²) in [7, 11) is 0. The van der Waals surface area contributed by atoms with Gasteiger partial charge >= 0.3 is 0 Å². The summed E-state index contributed by atoms with van der Waals surface area (Å²) >= 11 is 2.24. The van der Waals surface area contributed by atoms with Crippen LogP contribution in [0.15, 0.2) is 34.9 Å². The Morgan fingerprint density at radius 3 is 2.63 bits per heavy atom. The zero-order valence-electron chi connectivity index (χ0n) is 10.6. The number of carbonyl (C=O) groups is 1. The Morgan fingerprint density at radius 2 is 2.05 bits per heavy atom. The maximum atomic E-state index is 11.9. The molecule has 6 heteroatoms. The Labute approximate surface area is 124 Å². The molecular formula is C13H14IN3O2. The second-order valence-electron chi connectivity index (χ2n) is 4.18. The van der Waals surface area contributed by atoms with Crippen LogP contribution in [0, 0.1) is 10.5 Å². The molecule has 0 aliphatic carbocycles. The van der Waals surface area contributed by atoms with Gasteiger partial charge in [0, 0.05) is 15.3 Å². The first kappa shape index (κ1) is 13.9. The Morgan fingerprint density at radius 1 is 1.37 bits per heavy atom. The summed E-state index contributed by atoms with van der Waals surface area (Å²) in [6.07, 6.45) is 0. The van der Waals surface area contributed by atoms with Crippen LogP contribution in [-0.2, 0) is 4.79 Å². The third-order valence-electron chi connectivity index (χ3n) is 2.50. The van der Waals surface area contributed by atoms with Crippen molar-refractivity contribution in [1.29, 1.82) is 0 Å². The standard InChI is InChI=1S/C13H14IN3O2/c1-8-7-12(17-19-8)16-13(18)9(2)15-11-5-3-10(14)4-6-11/h3-7,9,15H,1-2H3,(H,16,17,18)/t9-/m0/s1. The van der Waals surface area contributed by atoms with E-state index >= 15 is 0 Å². The Bertz CT molecular complexity index is 566. The van der Waals surface area contributed by atoms with Gasteiger partial charge < -0.3 is 15.2 Å². The first-order valence-electron chi connectivity index (χ1n) is 5.81. The lowest BCUT2D eigenvalue weighted by atomic mass is 10.2. The molecule has 1 atom stereocenters. The van der Waals surface area contributed by atoms with E-state index in [-0.39, 0.29) is 11.9 Å². The van der Waals surface area contributed by atoms with Crippen molar-refractivity contribution in [3.63, 3.8) is 0 Å². The highest BCUT2D eigenvalue weighted by Crippen LogP contribution is 2.13. The predicted molar refractivity (Wildman–Crippen MR) is 82.1 cm³/mol. The molecule has 0 aliphatic rings. The molecule has 1 heterocycles. The smallest absolute Gasteiger partial charge is 0.247 e. The van der Waals surface area contributed by atoms with Gasteiger partial charge in [0.15, 0.2) is 5.82 Å². The summed E-state index contributed by atoms with van der Waals surface area (Å²) in [6.45, 7) is 3.57. The van der Waals surface area contributed by atoms with Crippen LogP contribution in [0.3, 0.4) is 0 Å². The minimum absolute atomic E-state index is 0.160. The fourth-order valence-corrected chi connectivity index (χ4v) is 1.88. The van der Waals surface area contributed by atoms with Crippen molar-refractivity contribution >= 4 is 40.0 Å². The molecule has 1 amide bonds. The number of anilines is 2. The zero-order chi connectivity index (χ0) is 13.8. The van der Waals surface area contributed by atoms with E-state index in [4.69, 9.17) is 4.52 Å². The number of halogens is 1. The van der Waals surface area contributed by atoms with Gasteiger partial charge in [-0.3, -0.25) is 4.79 Å². The van der Waals surface area contributed by atoms with E-state index in [9.17, 15) is 4.79 Å². The van der Waals surface area contributed by atoms with Gasteiger partial charge in [0.25, 0.3) is 0 Å². The summed E-state index contributed by atoms with van der Waals surface area (Å²) in [5.41, 5.74) is 0.902. The van der Waals surface area contributed by atoms with Crippen LogP contribution in [0.1, 0.15) is 12.7 Å². The number of nitrogens with zero attached hydrogens (tertiary/aromatic N) is 1. The van der Waals surface area contributed by atoms with E-state index in [2.05, 4.69) is 38.4 Å². The summed E-state index contributed by atoms with van der Waals surface area (Å²) < 4.78 is 6.04. The van der Waals surface area contributed by atoms with Crippen LogP contribution in [0.25, 0.3) is 0 Å². The van der Waals surface area contributed by atoms with Gasteiger partial charge in [-0.2, -0.15) is 0 Å². The molecule has 1 aromatic carbocycles. The lowest BCUT2D eigenvalue weighted by Gasteiger charge is -2.14. The number of amides is 1. The number of benzene rings is 1. The molecule has 0 saturated carbocycles. The monoisotopic (exact) mass is 371 g/mol. The van der Waals surface area contributed by atoms with Gasteiger partial charge in [-0.05, 0) is 60.7 Å². The van der Waals surface area contributed by atoms with E-state index in [1.807, 2.05) is 24.3 Å². The zero-order valence-corrected chi connectivity index (χ0v) is 12.8. The maximum absolute atomic E-state index is 11.9. The largest absolute Gasteiger partial charge is 0.374 e. The summed E-state index contributed by atoms with van der Waals surface area (Å²) in [6, 6.07) is 9.15. The summed E-state index contributed by atoms with van der Waals surface area (Å²) in [4.78, 5) is 11.9. The quantitative estimate of drug-likeness (QED) is 0.811. The molecule has 0 radical (unpaired) electrons. The SMILES string of the molecule is Cc1cc(NC(=O)[C@H](C)Nc2ccc(I)cc2)no1. The van der Waals surface area contributed by atoms with Gasteiger partial charge in [-0.25, -0.2) is 0 Å². The second kappa shape index (κ2) is 6.05. The van der Waals surface area contributed by atoms with Crippen LogP contribution in [0.4, 0.5) is 11.5 Å². The van der Waals surface area contributed by atoms with Crippen LogP contribution in [0.2, 0.25) is 0 Å². The van der Waals surface area contributed by atoms with Crippen molar-refractivity contribution in [3.05, 3.63) is 39.7 Å². The highest BCUT2D eigenvalue weighted by molar-refractivity contribution is 14.1. The van der Waals surface area contributed by atoms with Gasteiger partial charge in [-0.1, -0.05) is 5.16 Å². The molecule has 2 aromatic rings. The van der Waals surface area contributed by atoms with Crippen molar-refractivity contribution in [1.82, 2.24) is 5.16 Å². The number of carbonyl (C=O) groups excluding carboxylic acids is 1. The Balaban J connectivity index is 1.94. The first-order chi connectivity index (χ1) is 9.04. The predicted octanol–water partition coefficient (Wildman–Crippen LogP) is 3.03. The first-order valence-corrected chi connectivity index (χ1v) is 6.89. The average molecular weight is 371 g/mol. The van der Waals surface area contributed by atoms with Gasteiger partial charge in [0.05, 0.1) is 0 Å². The van der Waals surface area contributed by atoms with Crippen LogP contribution < -0.4 is 10.6 Å².